The number of fused-ring (bicyclic) bond motifs is 3. The molecule has 0 saturated heterocycles. The molecule has 1 aliphatic carbocycles. The zero-order chi connectivity index (χ0) is 17.6. The Kier molecular flexibility index (Phi) is 3.81. The number of aromatic nitrogens is 4. The van der Waals surface area contributed by atoms with Crippen molar-refractivity contribution in [2.24, 2.45) is 7.05 Å². The van der Waals surface area contributed by atoms with E-state index in [1.54, 1.807) is 13.1 Å². The van der Waals surface area contributed by atoms with Crippen molar-refractivity contribution in [3.63, 3.8) is 0 Å². The molecular weight excluding hydrogens is 306 g/mol. The lowest BCUT2D eigenvalue weighted by molar-refractivity contribution is -0.149. The fraction of sp³-hybridized carbons (Fsp3) is 0.529. The van der Waals surface area contributed by atoms with Gasteiger partial charge < -0.3 is 10.5 Å². The van der Waals surface area contributed by atoms with Crippen LogP contribution in [0.3, 0.4) is 0 Å². The third kappa shape index (κ3) is 2.26. The predicted octanol–water partition coefficient (Wildman–Crippen LogP) is 1.96. The summed E-state index contributed by atoms with van der Waals surface area (Å²) in [5.41, 5.74) is 9.23. The normalized spacial score (nSPS) is 19.1. The Bertz CT molecular complexity index is 812. The van der Waals surface area contributed by atoms with Crippen LogP contribution >= 0.6 is 0 Å². The summed E-state index contributed by atoms with van der Waals surface area (Å²) in [6, 6.07) is 0. The average molecular weight is 329 g/mol. The molecule has 0 radical (unpaired) electrons. The lowest BCUT2D eigenvalue weighted by Gasteiger charge is -2.31. The molecule has 7 nitrogen and oxygen atoms in total. The Morgan fingerprint density at radius 1 is 1.50 bits per heavy atom. The topological polar surface area (TPSA) is 95.9 Å². The quantitative estimate of drug-likeness (QED) is 0.865. The Morgan fingerprint density at radius 2 is 2.21 bits per heavy atom. The van der Waals surface area contributed by atoms with Gasteiger partial charge in [-0.3, -0.25) is 9.48 Å². The highest BCUT2D eigenvalue weighted by atomic mass is 16.5. The van der Waals surface area contributed by atoms with E-state index in [2.05, 4.69) is 28.9 Å². The minimum atomic E-state index is -0.858. The first-order valence-corrected chi connectivity index (χ1v) is 8.16. The van der Waals surface area contributed by atoms with E-state index in [0.29, 0.717) is 18.7 Å². The number of hydrogen-bond acceptors (Lipinski definition) is 6. The van der Waals surface area contributed by atoms with Gasteiger partial charge in [-0.15, -0.1) is 0 Å². The maximum atomic E-state index is 12.7. The molecular formula is C17H23N5O2. The zero-order valence-corrected chi connectivity index (χ0v) is 14.8. The molecule has 0 amide bonds. The number of nitrogens with two attached hydrogens (primary N) is 1. The summed E-state index contributed by atoms with van der Waals surface area (Å²) < 4.78 is 7.17. The molecule has 0 saturated carbocycles. The molecule has 0 aromatic carbocycles. The average Bonchev–Trinajstić information content (AvgIpc) is 2.87. The van der Waals surface area contributed by atoms with Crippen molar-refractivity contribution < 1.29 is 9.53 Å². The highest BCUT2D eigenvalue weighted by Crippen LogP contribution is 2.45. The van der Waals surface area contributed by atoms with Crippen molar-refractivity contribution in [3.8, 4) is 11.3 Å². The van der Waals surface area contributed by atoms with Gasteiger partial charge in [0, 0.05) is 18.8 Å². The molecule has 7 heteroatoms. The first-order chi connectivity index (χ1) is 11.3. The minimum Gasteiger partial charge on any atom is -0.465 e. The van der Waals surface area contributed by atoms with E-state index < -0.39 is 5.41 Å². The van der Waals surface area contributed by atoms with Crippen LogP contribution in [0, 0.1) is 0 Å². The number of esters is 1. The first kappa shape index (κ1) is 16.4. The molecule has 2 N–H and O–H groups in total. The maximum Gasteiger partial charge on any atom is 0.318 e. The van der Waals surface area contributed by atoms with Crippen LogP contribution in [-0.4, -0.2) is 32.3 Å². The number of hydrogen-bond donors (Lipinski definition) is 1. The van der Waals surface area contributed by atoms with Gasteiger partial charge in [-0.2, -0.15) is 5.10 Å². The fourth-order valence-electron chi connectivity index (χ4n) is 3.51. The molecule has 1 atom stereocenters. The van der Waals surface area contributed by atoms with Gasteiger partial charge in [-0.05, 0) is 31.7 Å². The van der Waals surface area contributed by atoms with Gasteiger partial charge in [0.1, 0.15) is 5.41 Å². The van der Waals surface area contributed by atoms with Crippen LogP contribution in [0.1, 0.15) is 50.6 Å². The summed E-state index contributed by atoms with van der Waals surface area (Å²) >= 11 is 0. The van der Waals surface area contributed by atoms with Gasteiger partial charge in [0.05, 0.1) is 23.7 Å². The zero-order valence-electron chi connectivity index (χ0n) is 14.8. The molecule has 0 aliphatic heterocycles. The monoisotopic (exact) mass is 329 g/mol. The van der Waals surface area contributed by atoms with Crippen molar-refractivity contribution in [2.45, 2.75) is 45.4 Å². The Balaban J connectivity index is 2.32. The van der Waals surface area contributed by atoms with E-state index in [0.717, 1.165) is 22.5 Å². The van der Waals surface area contributed by atoms with Gasteiger partial charge in [-0.25, -0.2) is 9.97 Å². The highest BCUT2D eigenvalue weighted by Gasteiger charge is 2.47. The molecule has 0 bridgehead atoms. The third-order valence-electron chi connectivity index (χ3n) is 4.55. The van der Waals surface area contributed by atoms with Crippen LogP contribution in [0.25, 0.3) is 11.3 Å². The summed E-state index contributed by atoms with van der Waals surface area (Å²) in [4.78, 5) is 21.3. The van der Waals surface area contributed by atoms with Crippen LogP contribution < -0.4 is 5.73 Å². The van der Waals surface area contributed by atoms with Crippen molar-refractivity contribution in [2.75, 3.05) is 12.3 Å². The van der Waals surface area contributed by atoms with Crippen LogP contribution in [0.5, 0.6) is 0 Å². The van der Waals surface area contributed by atoms with Crippen LogP contribution in [0.4, 0.5) is 5.95 Å². The molecule has 24 heavy (non-hydrogen) atoms. The predicted molar refractivity (Wildman–Crippen MR) is 90.4 cm³/mol. The molecule has 1 unspecified atom stereocenters. The van der Waals surface area contributed by atoms with Crippen LogP contribution in [0.15, 0.2) is 6.20 Å². The lowest BCUT2D eigenvalue weighted by atomic mass is 9.73. The number of carbonyl (C=O) groups is 1. The molecule has 0 spiro atoms. The molecule has 2 heterocycles. The highest BCUT2D eigenvalue weighted by molar-refractivity contribution is 5.89. The van der Waals surface area contributed by atoms with E-state index >= 15 is 0 Å². The summed E-state index contributed by atoms with van der Waals surface area (Å²) in [6.07, 6.45) is 2.15. The van der Waals surface area contributed by atoms with Crippen molar-refractivity contribution in [1.82, 2.24) is 19.7 Å². The third-order valence-corrected chi connectivity index (χ3v) is 4.55. The summed E-state index contributed by atoms with van der Waals surface area (Å²) in [5.74, 6) is 0.167. The van der Waals surface area contributed by atoms with E-state index in [-0.39, 0.29) is 17.8 Å². The summed E-state index contributed by atoms with van der Waals surface area (Å²) in [7, 11) is 1.89. The SMILES string of the molecule is CCOC(=O)C1(C)Cc2cnc(N)nc2-c2c1nn(C)c2C(C)C. The van der Waals surface area contributed by atoms with Gasteiger partial charge in [-0.1, -0.05) is 13.8 Å². The second-order valence-corrected chi connectivity index (χ2v) is 6.72. The van der Waals surface area contributed by atoms with Gasteiger partial charge in [0.15, 0.2) is 0 Å². The number of aryl methyl sites for hydroxylation is 1. The number of ether oxygens (including phenoxy) is 1. The number of nitrogens with zero attached hydrogens (tertiary/aromatic N) is 4. The van der Waals surface area contributed by atoms with E-state index in [1.807, 2.05) is 18.7 Å². The second-order valence-electron chi connectivity index (χ2n) is 6.72. The Labute approximate surface area is 141 Å². The van der Waals surface area contributed by atoms with Crippen molar-refractivity contribution >= 4 is 11.9 Å². The molecule has 128 valence electrons. The summed E-state index contributed by atoms with van der Waals surface area (Å²) in [6.45, 7) is 8.20. The van der Waals surface area contributed by atoms with Crippen LogP contribution in [-0.2, 0) is 28.4 Å². The summed E-state index contributed by atoms with van der Waals surface area (Å²) in [5, 5.41) is 4.67. The smallest absolute Gasteiger partial charge is 0.318 e. The Morgan fingerprint density at radius 3 is 2.83 bits per heavy atom. The van der Waals surface area contributed by atoms with Gasteiger partial charge >= 0.3 is 5.97 Å². The number of anilines is 1. The Hall–Kier alpha value is -2.44. The fourth-order valence-corrected chi connectivity index (χ4v) is 3.51. The van der Waals surface area contributed by atoms with Crippen LogP contribution in [0.2, 0.25) is 0 Å². The van der Waals surface area contributed by atoms with E-state index in [4.69, 9.17) is 10.5 Å². The molecule has 2 aromatic rings. The standard InChI is InChI=1S/C17H23N5O2/c1-6-24-15(23)17(4)7-10-8-19-16(18)20-12(10)11-13(9(2)3)22(5)21-14(11)17/h8-9H,6-7H2,1-5H3,(H2,18,19,20). The number of rotatable bonds is 3. The minimum absolute atomic E-state index is 0.220. The molecule has 2 aromatic heterocycles. The maximum absolute atomic E-state index is 12.7. The number of carbonyl (C=O) groups excluding carboxylic acids is 1. The van der Waals surface area contributed by atoms with Gasteiger partial charge in [0.2, 0.25) is 5.95 Å². The molecule has 3 rings (SSSR count). The van der Waals surface area contributed by atoms with Crippen molar-refractivity contribution in [3.05, 3.63) is 23.1 Å². The molecule has 0 fully saturated rings. The molecule has 1 aliphatic rings. The first-order valence-electron chi connectivity index (χ1n) is 8.16. The van der Waals surface area contributed by atoms with E-state index in [9.17, 15) is 4.79 Å². The largest absolute Gasteiger partial charge is 0.465 e. The lowest BCUT2D eigenvalue weighted by Crippen LogP contribution is -2.40. The number of nitrogen functional groups attached to an aromatic ring is 1. The second kappa shape index (κ2) is 5.58. The van der Waals surface area contributed by atoms with Crippen molar-refractivity contribution in [1.29, 1.82) is 0 Å². The van der Waals surface area contributed by atoms with E-state index in [1.165, 1.54) is 0 Å². The van der Waals surface area contributed by atoms with Gasteiger partial charge in [0.25, 0.3) is 0 Å².